The van der Waals surface area contributed by atoms with Gasteiger partial charge in [-0.05, 0) is 19.4 Å². The van der Waals surface area contributed by atoms with Crippen LogP contribution in [0, 0.1) is 11.3 Å². The van der Waals surface area contributed by atoms with Crippen LogP contribution in [0.1, 0.15) is 25.7 Å². The van der Waals surface area contributed by atoms with Gasteiger partial charge < -0.3 is 0 Å². The fourth-order valence-electron chi connectivity index (χ4n) is 1.72. The van der Waals surface area contributed by atoms with E-state index in [4.69, 9.17) is 16.9 Å². The molecule has 1 aliphatic heterocycles. The van der Waals surface area contributed by atoms with Crippen molar-refractivity contribution in [2.45, 2.75) is 31.7 Å². The zero-order valence-corrected chi connectivity index (χ0v) is 8.06. The van der Waals surface area contributed by atoms with Crippen LogP contribution in [0.15, 0.2) is 0 Å². The molecule has 0 aromatic carbocycles. The van der Waals surface area contributed by atoms with E-state index in [1.54, 1.807) is 0 Å². The molecule has 2 nitrogen and oxygen atoms in total. The summed E-state index contributed by atoms with van der Waals surface area (Å²) in [6.45, 7) is 2.02. The first-order chi connectivity index (χ1) is 5.88. The summed E-state index contributed by atoms with van der Waals surface area (Å²) in [5, 5.41) is 8.45. The summed E-state index contributed by atoms with van der Waals surface area (Å²) >= 11 is 5.83. The molecule has 1 rings (SSSR count). The second kappa shape index (κ2) is 5.40. The van der Waals surface area contributed by atoms with Crippen molar-refractivity contribution in [1.29, 1.82) is 5.26 Å². The molecule has 1 saturated heterocycles. The van der Waals surface area contributed by atoms with Crippen molar-refractivity contribution in [2.75, 3.05) is 19.0 Å². The van der Waals surface area contributed by atoms with E-state index < -0.39 is 0 Å². The van der Waals surface area contributed by atoms with Crippen LogP contribution >= 0.6 is 11.6 Å². The van der Waals surface area contributed by atoms with Gasteiger partial charge in [0, 0.05) is 24.9 Å². The van der Waals surface area contributed by atoms with Gasteiger partial charge in [0.25, 0.3) is 0 Å². The molecule has 0 aliphatic carbocycles. The molecule has 0 aromatic rings. The molecule has 0 N–H and O–H groups in total. The van der Waals surface area contributed by atoms with Crippen LogP contribution in [0.2, 0.25) is 0 Å². The maximum Gasteiger partial charge on any atom is 0.0635 e. The Morgan fingerprint density at radius 2 is 2.33 bits per heavy atom. The minimum Gasteiger partial charge on any atom is -0.298 e. The Morgan fingerprint density at radius 3 is 3.00 bits per heavy atom. The van der Waals surface area contributed by atoms with Gasteiger partial charge in [0.1, 0.15) is 0 Å². The van der Waals surface area contributed by atoms with Crippen LogP contribution in [0.4, 0.5) is 0 Å². The molecule has 1 heterocycles. The van der Waals surface area contributed by atoms with Crippen molar-refractivity contribution in [3.05, 3.63) is 0 Å². The Hall–Kier alpha value is -0.260. The van der Waals surface area contributed by atoms with Gasteiger partial charge in [0.05, 0.1) is 6.07 Å². The highest BCUT2D eigenvalue weighted by Crippen LogP contribution is 2.17. The lowest BCUT2D eigenvalue weighted by atomic mass is 10.0. The van der Waals surface area contributed by atoms with E-state index in [0.717, 1.165) is 13.1 Å². The second-order valence-electron chi connectivity index (χ2n) is 3.25. The van der Waals surface area contributed by atoms with Gasteiger partial charge in [-0.25, -0.2) is 0 Å². The van der Waals surface area contributed by atoms with Crippen molar-refractivity contribution >= 4 is 11.6 Å². The molecule has 1 atom stereocenters. The molecule has 0 spiro atoms. The first-order valence-electron chi connectivity index (χ1n) is 4.55. The summed E-state index contributed by atoms with van der Waals surface area (Å²) in [4.78, 5) is 2.35. The molecule has 0 radical (unpaired) electrons. The van der Waals surface area contributed by atoms with Crippen molar-refractivity contribution in [3.8, 4) is 6.07 Å². The summed E-state index contributed by atoms with van der Waals surface area (Å²) in [7, 11) is 0. The van der Waals surface area contributed by atoms with Crippen LogP contribution in [0.25, 0.3) is 0 Å². The molecule has 1 unspecified atom stereocenters. The van der Waals surface area contributed by atoms with E-state index >= 15 is 0 Å². The first-order valence-corrected chi connectivity index (χ1v) is 5.09. The molecule has 1 fully saturated rings. The quantitative estimate of drug-likeness (QED) is 0.631. The lowest BCUT2D eigenvalue weighted by Gasteiger charge is -2.33. The van der Waals surface area contributed by atoms with Crippen molar-refractivity contribution < 1.29 is 0 Å². The molecule has 68 valence electrons. The Labute approximate surface area is 79.1 Å². The summed E-state index contributed by atoms with van der Waals surface area (Å²) in [6, 6.07) is 2.70. The predicted octanol–water partition coefficient (Wildman–Crippen LogP) is 1.99. The number of rotatable bonds is 3. The maximum atomic E-state index is 8.45. The normalized spacial score (nSPS) is 25.2. The fourth-order valence-corrected chi connectivity index (χ4v) is 2.07. The molecular formula is C9H15ClN2. The number of alkyl halides is 1. The number of nitrogens with zero attached hydrogens (tertiary/aromatic N) is 2. The lowest BCUT2D eigenvalue weighted by Crippen LogP contribution is -2.41. The largest absolute Gasteiger partial charge is 0.298 e. The third-order valence-electron chi connectivity index (χ3n) is 2.44. The molecule has 3 heteroatoms. The molecule has 0 bridgehead atoms. The average Bonchev–Trinajstić information content (AvgIpc) is 2.15. The van der Waals surface area contributed by atoms with E-state index in [0.29, 0.717) is 18.3 Å². The van der Waals surface area contributed by atoms with Gasteiger partial charge in [-0.1, -0.05) is 6.42 Å². The van der Waals surface area contributed by atoms with Crippen molar-refractivity contribution in [2.24, 2.45) is 0 Å². The molecule has 0 saturated carbocycles. The monoisotopic (exact) mass is 186 g/mol. The Balaban J connectivity index is 2.32. The molecule has 12 heavy (non-hydrogen) atoms. The van der Waals surface area contributed by atoms with Crippen LogP contribution < -0.4 is 0 Å². The smallest absolute Gasteiger partial charge is 0.0635 e. The van der Waals surface area contributed by atoms with Crippen LogP contribution in [0.3, 0.4) is 0 Å². The first kappa shape index (κ1) is 9.83. The number of hydrogen-bond donors (Lipinski definition) is 0. The highest BCUT2D eigenvalue weighted by molar-refractivity contribution is 6.18. The molecule has 1 aliphatic rings. The van der Waals surface area contributed by atoms with Gasteiger partial charge in [0.2, 0.25) is 0 Å². The third-order valence-corrected chi connectivity index (χ3v) is 2.79. The minimum atomic E-state index is 0.522. The van der Waals surface area contributed by atoms with E-state index in [1.807, 2.05) is 0 Å². The maximum absolute atomic E-state index is 8.45. The SMILES string of the molecule is N#CCCN1CCCCC1CCl. The number of hydrogen-bond acceptors (Lipinski definition) is 2. The van der Waals surface area contributed by atoms with E-state index in [1.165, 1.54) is 19.3 Å². The zero-order chi connectivity index (χ0) is 8.81. The summed E-state index contributed by atoms with van der Waals surface area (Å²) < 4.78 is 0. The standard InChI is InChI=1S/C9H15ClN2/c10-8-9-4-1-2-6-12(9)7-3-5-11/h9H,1-4,6-8H2. The van der Waals surface area contributed by atoms with Crippen molar-refractivity contribution in [3.63, 3.8) is 0 Å². The fraction of sp³-hybridized carbons (Fsp3) is 0.889. The summed E-state index contributed by atoms with van der Waals surface area (Å²) in [6.07, 6.45) is 4.39. The van der Waals surface area contributed by atoms with Gasteiger partial charge in [-0.15, -0.1) is 11.6 Å². The van der Waals surface area contributed by atoms with E-state index in [-0.39, 0.29) is 0 Å². The average molecular weight is 187 g/mol. The van der Waals surface area contributed by atoms with Crippen LogP contribution in [-0.2, 0) is 0 Å². The number of likely N-dealkylation sites (tertiary alicyclic amines) is 1. The number of halogens is 1. The van der Waals surface area contributed by atoms with Gasteiger partial charge >= 0.3 is 0 Å². The molecular weight excluding hydrogens is 172 g/mol. The molecule has 0 aromatic heterocycles. The third kappa shape index (κ3) is 2.66. The minimum absolute atomic E-state index is 0.522. The highest BCUT2D eigenvalue weighted by Gasteiger charge is 2.20. The van der Waals surface area contributed by atoms with Gasteiger partial charge in [0.15, 0.2) is 0 Å². The van der Waals surface area contributed by atoms with Crippen LogP contribution in [-0.4, -0.2) is 29.9 Å². The Bertz CT molecular complexity index is 164. The zero-order valence-electron chi connectivity index (χ0n) is 7.30. The van der Waals surface area contributed by atoms with Gasteiger partial charge in [-0.3, -0.25) is 4.90 Å². The number of nitriles is 1. The lowest BCUT2D eigenvalue weighted by molar-refractivity contribution is 0.167. The van der Waals surface area contributed by atoms with Crippen molar-refractivity contribution in [1.82, 2.24) is 4.90 Å². The van der Waals surface area contributed by atoms with Crippen LogP contribution in [0.5, 0.6) is 0 Å². The van der Waals surface area contributed by atoms with E-state index in [2.05, 4.69) is 11.0 Å². The van der Waals surface area contributed by atoms with Gasteiger partial charge in [-0.2, -0.15) is 5.26 Å². The highest BCUT2D eigenvalue weighted by atomic mass is 35.5. The number of piperidine rings is 1. The summed E-state index contributed by atoms with van der Waals surface area (Å²) in [5.74, 6) is 0.714. The van der Waals surface area contributed by atoms with E-state index in [9.17, 15) is 0 Å². The molecule has 0 amide bonds. The summed E-state index contributed by atoms with van der Waals surface area (Å²) in [5.41, 5.74) is 0. The predicted molar refractivity (Wildman–Crippen MR) is 50.2 cm³/mol. The Morgan fingerprint density at radius 1 is 1.50 bits per heavy atom. The topological polar surface area (TPSA) is 27.0 Å². The second-order valence-corrected chi connectivity index (χ2v) is 3.56. The Kier molecular flexibility index (Phi) is 4.42.